The lowest BCUT2D eigenvalue weighted by Gasteiger charge is -2.32. The molecule has 0 aliphatic carbocycles. The lowest BCUT2D eigenvalue weighted by molar-refractivity contribution is -0.136. The van der Waals surface area contributed by atoms with Gasteiger partial charge in [0, 0.05) is 23.7 Å². The smallest absolute Gasteiger partial charge is 0.278 e. The first-order valence-electron chi connectivity index (χ1n) is 9.72. The number of benzene rings is 1. The number of carbonyl (C=O) groups excluding carboxylic acids is 2. The molecule has 1 aromatic heterocycles. The van der Waals surface area contributed by atoms with Crippen molar-refractivity contribution in [2.45, 2.75) is 39.0 Å². The number of para-hydroxylation sites is 1. The molecule has 0 radical (unpaired) electrons. The zero-order valence-electron chi connectivity index (χ0n) is 15.6. The van der Waals surface area contributed by atoms with E-state index < -0.39 is 0 Å². The fraction of sp³-hybridized carbons (Fsp3) is 0.364. The summed E-state index contributed by atoms with van der Waals surface area (Å²) in [6, 6.07) is 12.1. The van der Waals surface area contributed by atoms with Crippen LogP contribution >= 0.6 is 11.3 Å². The van der Waals surface area contributed by atoms with Crippen LogP contribution in [0, 0.1) is 0 Å². The third-order valence-electron chi connectivity index (χ3n) is 5.28. The Bertz CT molecular complexity index is 885. The van der Waals surface area contributed by atoms with Crippen molar-refractivity contribution in [1.29, 1.82) is 0 Å². The molecule has 5 heteroatoms. The van der Waals surface area contributed by atoms with E-state index in [1.54, 1.807) is 0 Å². The number of hydrogen-bond donors (Lipinski definition) is 0. The van der Waals surface area contributed by atoms with E-state index in [9.17, 15) is 9.59 Å². The standard InChI is InChI=1S/C22H24N2O2S/c1-2-3-6-13-24-21(25)19(18-12-8-15-27-18)20(22(24)26)23-14-7-10-16-9-4-5-11-17(16)23/h4-5,8-9,11-12,15H,2-3,6-7,10,13-14H2,1H3. The SMILES string of the molecule is CCCCCN1C(=O)C(c2cccs2)=C(N2CCCc3ccccc32)C1=O. The maximum absolute atomic E-state index is 13.3. The number of anilines is 1. The summed E-state index contributed by atoms with van der Waals surface area (Å²) < 4.78 is 0. The molecule has 4 rings (SSSR count). The van der Waals surface area contributed by atoms with Gasteiger partial charge in [0.25, 0.3) is 11.8 Å². The van der Waals surface area contributed by atoms with E-state index in [4.69, 9.17) is 0 Å². The Morgan fingerprint density at radius 1 is 1.04 bits per heavy atom. The van der Waals surface area contributed by atoms with Crippen molar-refractivity contribution in [2.75, 3.05) is 18.0 Å². The molecule has 0 saturated heterocycles. The second-order valence-electron chi connectivity index (χ2n) is 7.05. The highest BCUT2D eigenvalue weighted by molar-refractivity contribution is 7.11. The molecule has 0 unspecified atom stereocenters. The molecule has 2 aliphatic heterocycles. The summed E-state index contributed by atoms with van der Waals surface area (Å²) in [5.74, 6) is -0.284. The first-order valence-corrected chi connectivity index (χ1v) is 10.6. The van der Waals surface area contributed by atoms with Gasteiger partial charge >= 0.3 is 0 Å². The van der Waals surface area contributed by atoms with Crippen molar-refractivity contribution < 1.29 is 9.59 Å². The van der Waals surface area contributed by atoms with Crippen molar-refractivity contribution in [3.63, 3.8) is 0 Å². The van der Waals surface area contributed by atoms with Crippen molar-refractivity contribution in [1.82, 2.24) is 4.90 Å². The van der Waals surface area contributed by atoms with Crippen molar-refractivity contribution in [3.8, 4) is 0 Å². The van der Waals surface area contributed by atoms with Crippen LogP contribution in [0.2, 0.25) is 0 Å². The third kappa shape index (κ3) is 3.21. The largest absolute Gasteiger partial charge is 0.336 e. The summed E-state index contributed by atoms with van der Waals surface area (Å²) in [4.78, 5) is 30.9. The van der Waals surface area contributed by atoms with Crippen LogP contribution in [0.15, 0.2) is 47.5 Å². The molecule has 2 aliphatic rings. The minimum atomic E-state index is -0.142. The average molecular weight is 381 g/mol. The maximum atomic E-state index is 13.3. The fourth-order valence-electron chi connectivity index (χ4n) is 3.95. The summed E-state index contributed by atoms with van der Waals surface area (Å²) in [5.41, 5.74) is 3.44. The number of aryl methyl sites for hydroxylation is 1. The summed E-state index contributed by atoms with van der Waals surface area (Å²) in [5, 5.41) is 1.96. The molecule has 0 atom stereocenters. The molecular weight excluding hydrogens is 356 g/mol. The van der Waals surface area contributed by atoms with Gasteiger partial charge in [-0.05, 0) is 42.3 Å². The predicted octanol–water partition coefficient (Wildman–Crippen LogP) is 4.47. The molecular formula is C22H24N2O2S. The first-order chi connectivity index (χ1) is 13.2. The number of hydrogen-bond acceptors (Lipinski definition) is 4. The maximum Gasteiger partial charge on any atom is 0.278 e. The molecule has 0 saturated carbocycles. The highest BCUT2D eigenvalue weighted by Crippen LogP contribution is 2.39. The van der Waals surface area contributed by atoms with Crippen LogP contribution in [0.5, 0.6) is 0 Å². The number of fused-ring (bicyclic) bond motifs is 1. The van der Waals surface area contributed by atoms with Gasteiger partial charge < -0.3 is 4.90 Å². The second-order valence-corrected chi connectivity index (χ2v) is 8.00. The fourth-order valence-corrected chi connectivity index (χ4v) is 4.71. The third-order valence-corrected chi connectivity index (χ3v) is 6.16. The molecule has 27 heavy (non-hydrogen) atoms. The number of unbranched alkanes of at least 4 members (excludes halogenated alkanes) is 2. The Kier molecular flexibility index (Phi) is 5.12. The molecule has 3 heterocycles. The van der Waals surface area contributed by atoms with Crippen molar-refractivity contribution in [2.24, 2.45) is 0 Å². The number of rotatable bonds is 6. The second kappa shape index (κ2) is 7.69. The molecule has 0 spiro atoms. The molecule has 140 valence electrons. The van der Waals surface area contributed by atoms with Crippen molar-refractivity contribution in [3.05, 3.63) is 57.9 Å². The number of amides is 2. The number of thiophene rings is 1. The van der Waals surface area contributed by atoms with E-state index in [-0.39, 0.29) is 11.8 Å². The summed E-state index contributed by atoms with van der Waals surface area (Å²) in [6.07, 6.45) is 4.93. The summed E-state index contributed by atoms with van der Waals surface area (Å²) in [7, 11) is 0. The highest BCUT2D eigenvalue weighted by atomic mass is 32.1. The van der Waals surface area contributed by atoms with Crippen LogP contribution in [0.1, 0.15) is 43.0 Å². The molecule has 4 nitrogen and oxygen atoms in total. The Morgan fingerprint density at radius 3 is 2.67 bits per heavy atom. The average Bonchev–Trinajstić information content (AvgIpc) is 3.29. The molecule has 1 aromatic carbocycles. The van der Waals surface area contributed by atoms with E-state index in [1.807, 2.05) is 29.6 Å². The monoisotopic (exact) mass is 380 g/mol. The van der Waals surface area contributed by atoms with Crippen LogP contribution in [-0.4, -0.2) is 29.8 Å². The van der Waals surface area contributed by atoms with Gasteiger partial charge in [-0.15, -0.1) is 11.3 Å². The zero-order chi connectivity index (χ0) is 18.8. The van der Waals surface area contributed by atoms with Crippen molar-refractivity contribution >= 4 is 34.4 Å². The quantitative estimate of drug-likeness (QED) is 0.548. The van der Waals surface area contributed by atoms with Gasteiger partial charge in [0.15, 0.2) is 0 Å². The Labute approximate surface area is 164 Å². The van der Waals surface area contributed by atoms with Gasteiger partial charge in [-0.25, -0.2) is 0 Å². The molecule has 0 fully saturated rings. The molecule has 2 amide bonds. The zero-order valence-corrected chi connectivity index (χ0v) is 16.4. The lowest BCUT2D eigenvalue weighted by Crippen LogP contribution is -2.37. The topological polar surface area (TPSA) is 40.6 Å². The van der Waals surface area contributed by atoms with E-state index >= 15 is 0 Å². The highest BCUT2D eigenvalue weighted by Gasteiger charge is 2.42. The van der Waals surface area contributed by atoms with Gasteiger partial charge in [0.1, 0.15) is 5.70 Å². The normalized spacial score (nSPS) is 17.1. The predicted molar refractivity (Wildman–Crippen MR) is 110 cm³/mol. The van der Waals surface area contributed by atoms with Gasteiger partial charge in [-0.1, -0.05) is 44.0 Å². The number of carbonyl (C=O) groups is 2. The van der Waals surface area contributed by atoms with Crippen LogP contribution in [0.4, 0.5) is 5.69 Å². The summed E-state index contributed by atoms with van der Waals surface area (Å²) >= 11 is 1.52. The Balaban J connectivity index is 1.78. The Morgan fingerprint density at radius 2 is 1.89 bits per heavy atom. The summed E-state index contributed by atoms with van der Waals surface area (Å²) in [6.45, 7) is 3.39. The van der Waals surface area contributed by atoms with Gasteiger partial charge in [-0.2, -0.15) is 0 Å². The lowest BCUT2D eigenvalue weighted by atomic mass is 10.00. The van der Waals surface area contributed by atoms with Gasteiger partial charge in [0.05, 0.1) is 5.57 Å². The van der Waals surface area contributed by atoms with Gasteiger partial charge in [-0.3, -0.25) is 14.5 Å². The van der Waals surface area contributed by atoms with Crippen LogP contribution < -0.4 is 4.90 Å². The van der Waals surface area contributed by atoms with E-state index in [0.29, 0.717) is 17.8 Å². The molecule has 0 N–H and O–H groups in total. The molecule has 2 aromatic rings. The minimum absolute atomic E-state index is 0.142. The van der Waals surface area contributed by atoms with Crippen LogP contribution in [0.3, 0.4) is 0 Å². The van der Waals surface area contributed by atoms with Crippen LogP contribution in [-0.2, 0) is 16.0 Å². The number of imide groups is 1. The minimum Gasteiger partial charge on any atom is -0.336 e. The Hall–Kier alpha value is -2.40. The van der Waals surface area contributed by atoms with E-state index in [1.165, 1.54) is 21.8 Å². The van der Waals surface area contributed by atoms with E-state index in [2.05, 4.69) is 24.0 Å². The van der Waals surface area contributed by atoms with Crippen LogP contribution in [0.25, 0.3) is 5.57 Å². The first kappa shape index (κ1) is 18.0. The molecule has 0 bridgehead atoms. The number of nitrogens with zero attached hydrogens (tertiary/aromatic N) is 2. The van der Waals surface area contributed by atoms with Gasteiger partial charge in [0.2, 0.25) is 0 Å². The van der Waals surface area contributed by atoms with E-state index in [0.717, 1.165) is 49.2 Å².